The van der Waals surface area contributed by atoms with Crippen molar-refractivity contribution in [1.82, 2.24) is 9.88 Å². The summed E-state index contributed by atoms with van der Waals surface area (Å²) in [4.78, 5) is 23.8. The molecule has 6 nitrogen and oxygen atoms in total. The summed E-state index contributed by atoms with van der Waals surface area (Å²) >= 11 is 0. The molecule has 1 atom stereocenters. The third kappa shape index (κ3) is 4.14. The van der Waals surface area contributed by atoms with Crippen LogP contribution in [-0.4, -0.2) is 39.9 Å². The van der Waals surface area contributed by atoms with Crippen LogP contribution in [0.4, 0.5) is 4.79 Å². The first kappa shape index (κ1) is 18.0. The molecule has 2 N–H and O–H groups in total. The van der Waals surface area contributed by atoms with Crippen molar-refractivity contribution in [1.29, 1.82) is 0 Å². The minimum absolute atomic E-state index is 0.291. The van der Waals surface area contributed by atoms with Crippen LogP contribution >= 0.6 is 0 Å². The van der Waals surface area contributed by atoms with Crippen LogP contribution in [0.5, 0.6) is 0 Å². The van der Waals surface area contributed by atoms with E-state index in [1.807, 2.05) is 52.0 Å². The first-order valence-corrected chi connectivity index (χ1v) is 8.01. The van der Waals surface area contributed by atoms with Gasteiger partial charge in [0, 0.05) is 18.0 Å². The van der Waals surface area contributed by atoms with E-state index in [0.29, 0.717) is 18.5 Å². The van der Waals surface area contributed by atoms with E-state index in [0.717, 1.165) is 10.9 Å². The van der Waals surface area contributed by atoms with Crippen LogP contribution in [0.15, 0.2) is 30.5 Å². The molecule has 0 unspecified atom stereocenters. The van der Waals surface area contributed by atoms with E-state index in [2.05, 4.69) is 5.32 Å². The number of rotatable bonds is 5. The van der Waals surface area contributed by atoms with Crippen molar-refractivity contribution in [2.45, 2.75) is 45.8 Å². The average molecular weight is 332 g/mol. The fraction of sp³-hybridized carbons (Fsp3) is 0.444. The van der Waals surface area contributed by atoms with E-state index >= 15 is 0 Å². The highest BCUT2D eigenvalue weighted by Crippen LogP contribution is 2.24. The van der Waals surface area contributed by atoms with Gasteiger partial charge in [0.25, 0.3) is 0 Å². The Hall–Kier alpha value is -2.34. The van der Waals surface area contributed by atoms with Gasteiger partial charge in [-0.05, 0) is 38.9 Å². The summed E-state index contributed by atoms with van der Waals surface area (Å²) in [5, 5.41) is 13.1. The second-order valence-corrected chi connectivity index (χ2v) is 6.67. The van der Waals surface area contributed by atoms with Gasteiger partial charge in [0.2, 0.25) is 0 Å². The van der Waals surface area contributed by atoms with Gasteiger partial charge in [-0.3, -0.25) is 9.36 Å². The molecule has 0 saturated heterocycles. The van der Waals surface area contributed by atoms with Gasteiger partial charge in [-0.15, -0.1) is 0 Å². The molecule has 0 spiro atoms. The molecule has 130 valence electrons. The van der Waals surface area contributed by atoms with Crippen molar-refractivity contribution >= 4 is 23.0 Å². The zero-order chi connectivity index (χ0) is 17.9. The number of benzene rings is 1. The number of carboxylic acids is 1. The number of aromatic nitrogens is 1. The molecule has 6 heteroatoms. The molecule has 0 fully saturated rings. The maximum atomic E-state index is 12.4. The fourth-order valence-electron chi connectivity index (χ4n) is 2.59. The zero-order valence-electron chi connectivity index (χ0n) is 14.5. The number of ether oxygens (including phenoxy) is 1. The number of carbonyl (C=O) groups is 2. The molecule has 24 heavy (non-hydrogen) atoms. The first-order valence-electron chi connectivity index (χ1n) is 8.01. The number of aliphatic carboxylic acids is 1. The lowest BCUT2D eigenvalue weighted by Crippen LogP contribution is -2.38. The molecule has 0 bridgehead atoms. The van der Waals surface area contributed by atoms with Gasteiger partial charge < -0.3 is 15.2 Å². The first-order chi connectivity index (χ1) is 11.2. The van der Waals surface area contributed by atoms with Crippen molar-refractivity contribution in [3.8, 4) is 0 Å². The molecule has 0 amide bonds. The summed E-state index contributed by atoms with van der Waals surface area (Å²) in [5.41, 5.74) is 0.905. The van der Waals surface area contributed by atoms with Crippen LogP contribution in [0.2, 0.25) is 0 Å². The number of carboxylic acid groups (broad SMARTS) is 1. The molecule has 1 heterocycles. The summed E-state index contributed by atoms with van der Waals surface area (Å²) in [6.07, 6.45) is 1.49. The summed E-state index contributed by atoms with van der Waals surface area (Å²) in [6, 6.07) is 6.72. The Morgan fingerprint density at radius 3 is 2.54 bits per heavy atom. The van der Waals surface area contributed by atoms with Crippen LogP contribution in [0.1, 0.15) is 33.3 Å². The van der Waals surface area contributed by atoms with E-state index in [-0.39, 0.29) is 0 Å². The summed E-state index contributed by atoms with van der Waals surface area (Å²) in [6.45, 7) is 7.84. The number of nitrogens with zero attached hydrogens (tertiary/aromatic N) is 1. The Kier molecular flexibility index (Phi) is 5.29. The van der Waals surface area contributed by atoms with Gasteiger partial charge >= 0.3 is 12.1 Å². The maximum absolute atomic E-state index is 12.4. The second-order valence-electron chi connectivity index (χ2n) is 6.67. The predicted octanol–water partition coefficient (Wildman–Crippen LogP) is 3.03. The van der Waals surface area contributed by atoms with Crippen molar-refractivity contribution < 1.29 is 19.4 Å². The highest BCUT2D eigenvalue weighted by Gasteiger charge is 2.23. The topological polar surface area (TPSA) is 80.6 Å². The van der Waals surface area contributed by atoms with E-state index in [1.54, 1.807) is 6.20 Å². The van der Waals surface area contributed by atoms with Gasteiger partial charge in [0.15, 0.2) is 0 Å². The van der Waals surface area contributed by atoms with Crippen LogP contribution in [0.3, 0.4) is 0 Å². The van der Waals surface area contributed by atoms with Gasteiger partial charge in [-0.1, -0.05) is 25.1 Å². The Bertz CT molecular complexity index is 743. The van der Waals surface area contributed by atoms with Gasteiger partial charge in [-0.2, -0.15) is 0 Å². The zero-order valence-corrected chi connectivity index (χ0v) is 14.5. The highest BCUT2D eigenvalue weighted by atomic mass is 16.6. The second kappa shape index (κ2) is 7.05. The Morgan fingerprint density at radius 1 is 1.29 bits per heavy atom. The number of carbonyl (C=O) groups excluding carboxylic acids is 1. The Morgan fingerprint density at radius 2 is 1.96 bits per heavy atom. The van der Waals surface area contributed by atoms with Gasteiger partial charge in [0.1, 0.15) is 11.6 Å². The van der Waals surface area contributed by atoms with Gasteiger partial charge in [0.05, 0.1) is 5.52 Å². The molecule has 0 aliphatic rings. The molecule has 2 aromatic rings. The minimum Gasteiger partial charge on any atom is -0.480 e. The summed E-state index contributed by atoms with van der Waals surface area (Å²) in [7, 11) is 0. The number of likely N-dealkylation sites (N-methyl/N-ethyl adjacent to an activating group) is 1. The molecule has 0 radical (unpaired) electrons. The number of hydrogen-bond donors (Lipinski definition) is 2. The van der Waals surface area contributed by atoms with E-state index in [1.165, 1.54) is 4.57 Å². The molecular formula is C18H24N2O4. The van der Waals surface area contributed by atoms with Crippen molar-refractivity contribution in [2.24, 2.45) is 0 Å². The van der Waals surface area contributed by atoms with Crippen molar-refractivity contribution in [3.63, 3.8) is 0 Å². The van der Waals surface area contributed by atoms with E-state index in [4.69, 9.17) is 4.74 Å². The third-order valence-corrected chi connectivity index (χ3v) is 3.56. The highest BCUT2D eigenvalue weighted by molar-refractivity contribution is 5.92. The molecule has 2 rings (SSSR count). The van der Waals surface area contributed by atoms with Crippen LogP contribution in [0.25, 0.3) is 10.9 Å². The predicted molar refractivity (Wildman–Crippen MR) is 92.4 cm³/mol. The molecule has 1 aromatic heterocycles. The van der Waals surface area contributed by atoms with E-state index in [9.17, 15) is 14.7 Å². The largest absolute Gasteiger partial charge is 0.480 e. The Balaban J connectivity index is 2.41. The number of para-hydroxylation sites is 1. The molecule has 1 aromatic carbocycles. The fourth-order valence-corrected chi connectivity index (χ4v) is 2.59. The van der Waals surface area contributed by atoms with Crippen molar-refractivity contribution in [3.05, 3.63) is 36.0 Å². The molecule has 0 aliphatic heterocycles. The third-order valence-electron chi connectivity index (χ3n) is 3.56. The molecule has 0 saturated carbocycles. The lowest BCUT2D eigenvalue weighted by molar-refractivity contribution is -0.139. The standard InChI is InChI=1S/C18H24N2O4/c1-5-19-14(16(21)22)10-12-11-20(17(23)24-18(2,3)4)15-9-7-6-8-13(12)15/h6-9,11,14,19H,5,10H2,1-4H3,(H,21,22)/t14-/m0/s1. The monoisotopic (exact) mass is 332 g/mol. The normalized spacial score (nSPS) is 13.0. The lowest BCUT2D eigenvalue weighted by atomic mass is 10.1. The van der Waals surface area contributed by atoms with Crippen LogP contribution < -0.4 is 5.32 Å². The number of nitrogens with one attached hydrogen (secondary N) is 1. The molecule has 0 aliphatic carbocycles. The average Bonchev–Trinajstić information content (AvgIpc) is 2.84. The number of fused-ring (bicyclic) bond motifs is 1. The quantitative estimate of drug-likeness (QED) is 0.879. The lowest BCUT2D eigenvalue weighted by Gasteiger charge is -2.19. The molecular weight excluding hydrogens is 308 g/mol. The Labute approximate surface area is 141 Å². The van der Waals surface area contributed by atoms with Gasteiger partial charge in [-0.25, -0.2) is 4.79 Å². The summed E-state index contributed by atoms with van der Waals surface area (Å²) < 4.78 is 6.88. The van der Waals surface area contributed by atoms with E-state index < -0.39 is 23.7 Å². The summed E-state index contributed by atoms with van der Waals surface area (Å²) in [5.74, 6) is -0.911. The minimum atomic E-state index is -0.911. The smallest absolute Gasteiger partial charge is 0.419 e. The van der Waals surface area contributed by atoms with Crippen LogP contribution in [-0.2, 0) is 16.0 Å². The van der Waals surface area contributed by atoms with Crippen LogP contribution in [0, 0.1) is 0 Å². The maximum Gasteiger partial charge on any atom is 0.419 e. The SMILES string of the molecule is CCN[C@@H](Cc1cn(C(=O)OC(C)(C)C)c2ccccc12)C(=O)O. The number of hydrogen-bond acceptors (Lipinski definition) is 4. The van der Waals surface area contributed by atoms with Crippen molar-refractivity contribution in [2.75, 3.05) is 6.54 Å².